The van der Waals surface area contributed by atoms with E-state index in [-0.39, 0.29) is 11.3 Å². The Morgan fingerprint density at radius 2 is 1.67 bits per heavy atom. The Kier molecular flexibility index (Phi) is 5.01. The van der Waals surface area contributed by atoms with E-state index in [4.69, 9.17) is 9.47 Å². The number of carbonyl (C=O) groups is 2. The number of ether oxygens (including phenoxy) is 2. The van der Waals surface area contributed by atoms with E-state index in [0.717, 1.165) is 4.90 Å². The van der Waals surface area contributed by atoms with Gasteiger partial charge in [-0.1, -0.05) is 52.3 Å². The zero-order valence-electron chi connectivity index (χ0n) is 16.2. The third-order valence-corrected chi connectivity index (χ3v) is 8.41. The lowest BCUT2D eigenvalue weighted by Gasteiger charge is -2.35. The fraction of sp³-hybridized carbons (Fsp3) is 0.300. The molecule has 2 heterocycles. The molecule has 0 spiro atoms. The van der Waals surface area contributed by atoms with E-state index in [0.29, 0.717) is 11.3 Å². The lowest BCUT2D eigenvalue weighted by atomic mass is 9.96. The van der Waals surface area contributed by atoms with Crippen LogP contribution in [-0.4, -0.2) is 51.8 Å². The van der Waals surface area contributed by atoms with Gasteiger partial charge in [-0.15, -0.1) is 0 Å². The van der Waals surface area contributed by atoms with E-state index in [1.54, 1.807) is 42.5 Å². The average molecular weight is 495 g/mol. The van der Waals surface area contributed by atoms with Gasteiger partial charge >= 0.3 is 12.1 Å². The molecule has 0 bridgehead atoms. The molecule has 4 rings (SSSR count). The molecule has 0 aromatic heterocycles. The van der Waals surface area contributed by atoms with Crippen molar-refractivity contribution in [2.75, 3.05) is 18.5 Å². The summed E-state index contributed by atoms with van der Waals surface area (Å²) in [5.41, 5.74) is 1.09. The Balaban J connectivity index is 1.96. The Morgan fingerprint density at radius 3 is 2.30 bits per heavy atom. The monoisotopic (exact) mass is 494 g/mol. The van der Waals surface area contributed by atoms with Crippen molar-refractivity contribution in [2.45, 2.75) is 27.8 Å². The van der Waals surface area contributed by atoms with Crippen LogP contribution in [0, 0.1) is 0 Å². The third-order valence-electron chi connectivity index (χ3n) is 5.47. The van der Waals surface area contributed by atoms with Gasteiger partial charge in [0, 0.05) is 6.42 Å². The minimum atomic E-state index is -4.07. The number of rotatable bonds is 3. The number of sulfonamides is 1. The number of hydrogen-bond acceptors (Lipinski definition) is 6. The van der Waals surface area contributed by atoms with Crippen LogP contribution in [0.25, 0.3) is 0 Å². The summed E-state index contributed by atoms with van der Waals surface area (Å²) in [4.78, 5) is 26.5. The first-order valence-corrected chi connectivity index (χ1v) is 11.3. The van der Waals surface area contributed by atoms with Gasteiger partial charge in [-0.05, 0) is 23.8 Å². The predicted molar refractivity (Wildman–Crippen MR) is 112 cm³/mol. The fourth-order valence-corrected chi connectivity index (χ4v) is 7.10. The van der Waals surface area contributed by atoms with Gasteiger partial charge in [-0.25, -0.2) is 22.3 Å². The number of esters is 1. The number of benzene rings is 2. The normalized spacial score (nSPS) is 24.9. The number of methoxy groups -OCH3 is 2. The first-order valence-electron chi connectivity index (χ1n) is 9.09. The molecular weight excluding hydrogens is 476 g/mol. The van der Waals surface area contributed by atoms with Crippen LogP contribution in [-0.2, 0) is 28.6 Å². The maximum atomic E-state index is 13.7. The SMILES string of the molecule is COC(=O)[C@@H]1C[C@]2(Br)c3ccccc3N(S(=O)(=O)c3ccccc3)[C@@H]2N1C(=O)OC. The minimum Gasteiger partial charge on any atom is -0.467 e. The smallest absolute Gasteiger partial charge is 0.411 e. The standard InChI is InChI=1S/C20H19BrN2O6S/c1-28-17(24)16-12-20(21)14-10-6-7-11-15(14)23(18(20)22(16)19(25)29-2)30(26,27)13-8-4-3-5-9-13/h3-11,16,18H,12H2,1-2H3/t16-,18-,20-/m0/s1. The summed E-state index contributed by atoms with van der Waals surface area (Å²) in [6.07, 6.45) is -1.76. The molecule has 1 fully saturated rings. The highest BCUT2D eigenvalue weighted by atomic mass is 79.9. The first-order chi connectivity index (χ1) is 14.3. The van der Waals surface area contributed by atoms with E-state index in [2.05, 4.69) is 15.9 Å². The molecule has 2 aromatic carbocycles. The topological polar surface area (TPSA) is 93.2 Å². The molecule has 0 unspecified atom stereocenters. The van der Waals surface area contributed by atoms with Gasteiger partial charge in [-0.2, -0.15) is 0 Å². The molecule has 3 atom stereocenters. The lowest BCUT2D eigenvalue weighted by molar-refractivity contribution is -0.145. The predicted octanol–water partition coefficient (Wildman–Crippen LogP) is 2.83. The number of hydrogen-bond donors (Lipinski definition) is 0. The largest absolute Gasteiger partial charge is 0.467 e. The molecule has 0 radical (unpaired) electrons. The summed E-state index contributed by atoms with van der Waals surface area (Å²) < 4.78 is 37.4. The number of para-hydroxylation sites is 1. The number of nitrogens with zero attached hydrogens (tertiary/aromatic N) is 2. The highest BCUT2D eigenvalue weighted by molar-refractivity contribution is 9.09. The fourth-order valence-electron chi connectivity index (χ4n) is 4.21. The number of anilines is 1. The Labute approximate surface area is 182 Å². The quantitative estimate of drug-likeness (QED) is 0.481. The molecule has 10 heteroatoms. The van der Waals surface area contributed by atoms with Crippen molar-refractivity contribution < 1.29 is 27.5 Å². The zero-order chi connectivity index (χ0) is 21.7. The third kappa shape index (κ3) is 2.81. The van der Waals surface area contributed by atoms with Gasteiger partial charge < -0.3 is 9.47 Å². The van der Waals surface area contributed by atoms with Gasteiger partial charge in [0.2, 0.25) is 0 Å². The van der Waals surface area contributed by atoms with Crippen molar-refractivity contribution in [3.8, 4) is 0 Å². The van der Waals surface area contributed by atoms with Gasteiger partial charge in [0.1, 0.15) is 12.2 Å². The molecule has 0 aliphatic carbocycles. The van der Waals surface area contributed by atoms with E-state index in [1.807, 2.05) is 0 Å². The highest BCUT2D eigenvalue weighted by Crippen LogP contribution is 2.59. The van der Waals surface area contributed by atoms with Crippen molar-refractivity contribution in [3.63, 3.8) is 0 Å². The van der Waals surface area contributed by atoms with Crippen LogP contribution in [0.1, 0.15) is 12.0 Å². The first kappa shape index (κ1) is 20.7. The van der Waals surface area contributed by atoms with Crippen molar-refractivity contribution in [1.29, 1.82) is 0 Å². The molecule has 1 saturated heterocycles. The zero-order valence-corrected chi connectivity index (χ0v) is 18.6. The van der Waals surface area contributed by atoms with Gasteiger partial charge in [-0.3, -0.25) is 4.90 Å². The van der Waals surface area contributed by atoms with E-state index in [9.17, 15) is 18.0 Å². The molecule has 2 aliphatic heterocycles. The Hall–Kier alpha value is -2.59. The van der Waals surface area contributed by atoms with Crippen LogP contribution in [0.2, 0.25) is 0 Å². The van der Waals surface area contributed by atoms with Crippen LogP contribution >= 0.6 is 15.9 Å². The molecule has 2 aromatic rings. The minimum absolute atomic E-state index is 0.0721. The van der Waals surface area contributed by atoms with Gasteiger partial charge in [0.25, 0.3) is 10.0 Å². The number of halogens is 1. The summed E-state index contributed by atoms with van der Waals surface area (Å²) in [6, 6.07) is 13.9. The van der Waals surface area contributed by atoms with Crippen LogP contribution in [0.15, 0.2) is 59.5 Å². The van der Waals surface area contributed by atoms with Crippen molar-refractivity contribution in [3.05, 3.63) is 60.2 Å². The van der Waals surface area contributed by atoms with Crippen LogP contribution in [0.5, 0.6) is 0 Å². The highest BCUT2D eigenvalue weighted by Gasteiger charge is 2.65. The molecule has 2 aliphatic rings. The number of likely N-dealkylation sites (tertiary alicyclic amines) is 1. The number of amides is 1. The second-order valence-corrected chi connectivity index (χ2v) is 10.2. The molecule has 8 nitrogen and oxygen atoms in total. The molecule has 1 amide bonds. The summed E-state index contributed by atoms with van der Waals surface area (Å²) in [7, 11) is -1.67. The van der Waals surface area contributed by atoms with Crippen molar-refractivity contribution in [2.24, 2.45) is 0 Å². The van der Waals surface area contributed by atoms with E-state index < -0.39 is 38.6 Å². The van der Waals surface area contributed by atoms with Crippen molar-refractivity contribution in [1.82, 2.24) is 4.90 Å². The maximum absolute atomic E-state index is 13.7. The van der Waals surface area contributed by atoms with Gasteiger partial charge in [0.05, 0.1) is 29.1 Å². The summed E-state index contributed by atoms with van der Waals surface area (Å²) in [5.74, 6) is -0.650. The molecule has 30 heavy (non-hydrogen) atoms. The summed E-state index contributed by atoms with van der Waals surface area (Å²) >= 11 is 3.69. The van der Waals surface area contributed by atoms with E-state index >= 15 is 0 Å². The second kappa shape index (κ2) is 7.28. The van der Waals surface area contributed by atoms with Gasteiger partial charge in [0.15, 0.2) is 0 Å². The van der Waals surface area contributed by atoms with Crippen LogP contribution in [0.4, 0.5) is 10.5 Å². The molecule has 0 N–H and O–H groups in total. The van der Waals surface area contributed by atoms with Crippen LogP contribution < -0.4 is 4.31 Å². The summed E-state index contributed by atoms with van der Waals surface area (Å²) in [5, 5.41) is 0. The Morgan fingerprint density at radius 1 is 1.03 bits per heavy atom. The molecule has 158 valence electrons. The summed E-state index contributed by atoms with van der Waals surface area (Å²) in [6.45, 7) is 0. The lowest BCUT2D eigenvalue weighted by Crippen LogP contribution is -2.55. The molecular formula is C20H19BrN2O6S. The Bertz CT molecular complexity index is 1110. The second-order valence-electron chi connectivity index (χ2n) is 6.99. The van der Waals surface area contributed by atoms with E-state index in [1.165, 1.54) is 30.7 Å². The number of alkyl halides is 1. The van der Waals surface area contributed by atoms with Crippen LogP contribution in [0.3, 0.4) is 0 Å². The number of carbonyl (C=O) groups excluding carboxylic acids is 2. The maximum Gasteiger partial charge on any atom is 0.411 e. The van der Waals surface area contributed by atoms with Crippen molar-refractivity contribution >= 4 is 43.7 Å². The number of fused-ring (bicyclic) bond motifs is 3. The molecule has 0 saturated carbocycles. The average Bonchev–Trinajstić information content (AvgIpc) is 3.20.